The Morgan fingerprint density at radius 3 is 2.32 bits per heavy atom. The minimum Gasteiger partial charge on any atom is -0.469 e. The number of benzene rings is 1. The Balaban J connectivity index is 0.00000576. The first-order valence-electron chi connectivity index (χ1n) is 7.90. The number of esters is 1. The number of ether oxygens (including phenoxy) is 1. The minimum absolute atomic E-state index is 0. The molecule has 140 valence electrons. The molecule has 0 fully saturated rings. The fourth-order valence-electron chi connectivity index (χ4n) is 1.93. The van der Waals surface area contributed by atoms with Crippen LogP contribution in [0.4, 0.5) is 5.69 Å². The largest absolute Gasteiger partial charge is 0.469 e. The Hall–Kier alpha value is -2.12. The molecule has 0 aromatic heterocycles. The zero-order chi connectivity index (χ0) is 18.1. The van der Waals surface area contributed by atoms with Crippen molar-refractivity contribution >= 4 is 35.9 Å². The van der Waals surface area contributed by atoms with Crippen LogP contribution in [0.25, 0.3) is 0 Å². The van der Waals surface area contributed by atoms with Crippen molar-refractivity contribution in [2.45, 2.75) is 32.7 Å². The van der Waals surface area contributed by atoms with Crippen molar-refractivity contribution in [3.63, 3.8) is 0 Å². The number of rotatable bonds is 8. The van der Waals surface area contributed by atoms with E-state index in [9.17, 15) is 14.4 Å². The predicted octanol–water partition coefficient (Wildman–Crippen LogP) is 1.71. The highest BCUT2D eigenvalue weighted by molar-refractivity contribution is 5.97. The molecule has 2 amide bonds. The summed E-state index contributed by atoms with van der Waals surface area (Å²) >= 11 is 0. The lowest BCUT2D eigenvalue weighted by Crippen LogP contribution is -2.40. The molecule has 0 radical (unpaired) electrons. The van der Waals surface area contributed by atoms with E-state index in [1.54, 1.807) is 24.3 Å². The zero-order valence-corrected chi connectivity index (χ0v) is 15.5. The molecule has 7 nitrogen and oxygen atoms in total. The Morgan fingerprint density at radius 2 is 1.80 bits per heavy atom. The van der Waals surface area contributed by atoms with Crippen LogP contribution in [0.1, 0.15) is 37.0 Å². The van der Waals surface area contributed by atoms with Crippen LogP contribution >= 0.6 is 12.4 Å². The van der Waals surface area contributed by atoms with Gasteiger partial charge in [-0.2, -0.15) is 0 Å². The van der Waals surface area contributed by atoms with Crippen LogP contribution < -0.4 is 16.4 Å². The molecule has 0 heterocycles. The minimum atomic E-state index is -0.573. The number of amides is 2. The molecule has 2 unspecified atom stereocenters. The van der Waals surface area contributed by atoms with Gasteiger partial charge in [-0.1, -0.05) is 20.3 Å². The Labute approximate surface area is 154 Å². The van der Waals surface area contributed by atoms with E-state index in [0.29, 0.717) is 11.3 Å². The first-order valence-corrected chi connectivity index (χ1v) is 7.90. The number of hydrogen-bond acceptors (Lipinski definition) is 5. The van der Waals surface area contributed by atoms with E-state index in [2.05, 4.69) is 15.4 Å². The number of carbonyl (C=O) groups excluding carboxylic acids is 3. The normalized spacial score (nSPS) is 12.3. The van der Waals surface area contributed by atoms with Gasteiger partial charge in [0.1, 0.15) is 0 Å². The molecule has 25 heavy (non-hydrogen) atoms. The molecule has 0 aliphatic rings. The second-order valence-corrected chi connectivity index (χ2v) is 5.56. The fourth-order valence-corrected chi connectivity index (χ4v) is 1.93. The molecule has 0 saturated carbocycles. The van der Waals surface area contributed by atoms with Gasteiger partial charge >= 0.3 is 5.97 Å². The first kappa shape index (κ1) is 22.9. The molecule has 0 bridgehead atoms. The number of nitrogens with two attached hydrogens (primary N) is 1. The smallest absolute Gasteiger partial charge is 0.307 e. The van der Waals surface area contributed by atoms with Gasteiger partial charge in [-0.3, -0.25) is 14.4 Å². The van der Waals surface area contributed by atoms with Gasteiger partial charge in [0.25, 0.3) is 5.91 Å². The quantitative estimate of drug-likeness (QED) is 0.602. The van der Waals surface area contributed by atoms with Crippen LogP contribution in [0.15, 0.2) is 24.3 Å². The van der Waals surface area contributed by atoms with Crippen LogP contribution in [0, 0.1) is 5.92 Å². The maximum atomic E-state index is 12.0. The molecule has 0 aliphatic carbocycles. The summed E-state index contributed by atoms with van der Waals surface area (Å²) in [6.07, 6.45) is 0.934. The molecule has 2 atom stereocenters. The third kappa shape index (κ3) is 7.53. The van der Waals surface area contributed by atoms with Crippen molar-refractivity contribution in [3.05, 3.63) is 29.8 Å². The van der Waals surface area contributed by atoms with Gasteiger partial charge in [-0.15, -0.1) is 12.4 Å². The van der Waals surface area contributed by atoms with Gasteiger partial charge in [0.15, 0.2) is 0 Å². The summed E-state index contributed by atoms with van der Waals surface area (Å²) in [6, 6.07) is 5.89. The maximum Gasteiger partial charge on any atom is 0.307 e. The topological polar surface area (TPSA) is 111 Å². The lowest BCUT2D eigenvalue weighted by atomic mass is 9.99. The van der Waals surface area contributed by atoms with Crippen molar-refractivity contribution in [2.75, 3.05) is 19.0 Å². The SMILES string of the molecule is CCC(C)C(N)C(=O)Nc1ccc(C(=O)NCCC(=O)OC)cc1.Cl. The molecule has 1 aromatic carbocycles. The van der Waals surface area contributed by atoms with E-state index in [1.807, 2.05) is 13.8 Å². The summed E-state index contributed by atoms with van der Waals surface area (Å²) in [4.78, 5) is 34.9. The molecule has 0 aliphatic heterocycles. The summed E-state index contributed by atoms with van der Waals surface area (Å²) in [5.74, 6) is -0.844. The van der Waals surface area contributed by atoms with Crippen LogP contribution in [-0.4, -0.2) is 37.5 Å². The van der Waals surface area contributed by atoms with E-state index >= 15 is 0 Å². The van der Waals surface area contributed by atoms with Gasteiger partial charge < -0.3 is 21.1 Å². The number of halogens is 1. The first-order chi connectivity index (χ1) is 11.4. The molecular formula is C17H26ClN3O4. The number of methoxy groups -OCH3 is 1. The van der Waals surface area contributed by atoms with E-state index < -0.39 is 6.04 Å². The van der Waals surface area contributed by atoms with Crippen LogP contribution in [0.5, 0.6) is 0 Å². The zero-order valence-electron chi connectivity index (χ0n) is 14.7. The Bertz CT molecular complexity index is 578. The Morgan fingerprint density at radius 1 is 1.20 bits per heavy atom. The van der Waals surface area contributed by atoms with Crippen LogP contribution in [0.2, 0.25) is 0 Å². The number of carbonyl (C=O) groups is 3. The van der Waals surface area contributed by atoms with Crippen molar-refractivity contribution in [1.82, 2.24) is 5.32 Å². The monoisotopic (exact) mass is 371 g/mol. The second-order valence-electron chi connectivity index (χ2n) is 5.56. The molecule has 8 heteroatoms. The number of anilines is 1. The third-order valence-corrected chi connectivity index (χ3v) is 3.82. The number of nitrogens with one attached hydrogen (secondary N) is 2. The summed E-state index contributed by atoms with van der Waals surface area (Å²) in [5.41, 5.74) is 6.88. The van der Waals surface area contributed by atoms with Crippen molar-refractivity contribution in [1.29, 1.82) is 0 Å². The van der Waals surface area contributed by atoms with E-state index in [4.69, 9.17) is 5.73 Å². The van der Waals surface area contributed by atoms with E-state index in [1.165, 1.54) is 7.11 Å². The lowest BCUT2D eigenvalue weighted by molar-refractivity contribution is -0.140. The van der Waals surface area contributed by atoms with Gasteiger partial charge in [0, 0.05) is 17.8 Å². The summed E-state index contributed by atoms with van der Waals surface area (Å²) in [7, 11) is 1.30. The predicted molar refractivity (Wildman–Crippen MR) is 98.7 cm³/mol. The van der Waals surface area contributed by atoms with Gasteiger partial charge in [0.2, 0.25) is 5.91 Å². The van der Waals surface area contributed by atoms with Gasteiger partial charge in [0.05, 0.1) is 19.6 Å². The summed E-state index contributed by atoms with van der Waals surface area (Å²) < 4.78 is 4.49. The second kappa shape index (κ2) is 11.4. The number of hydrogen-bond donors (Lipinski definition) is 3. The summed E-state index contributed by atoms with van der Waals surface area (Å²) in [6.45, 7) is 4.10. The average molecular weight is 372 g/mol. The molecule has 0 saturated heterocycles. The van der Waals surface area contributed by atoms with Crippen molar-refractivity contribution in [3.8, 4) is 0 Å². The van der Waals surface area contributed by atoms with E-state index in [-0.39, 0.29) is 49.1 Å². The highest BCUT2D eigenvalue weighted by atomic mass is 35.5. The van der Waals surface area contributed by atoms with Crippen LogP contribution in [0.3, 0.4) is 0 Å². The Kier molecular flexibility index (Phi) is 10.5. The highest BCUT2D eigenvalue weighted by Gasteiger charge is 2.19. The van der Waals surface area contributed by atoms with Crippen LogP contribution in [-0.2, 0) is 14.3 Å². The summed E-state index contributed by atoms with van der Waals surface area (Å²) in [5, 5.41) is 5.35. The third-order valence-electron chi connectivity index (χ3n) is 3.82. The molecule has 1 aromatic rings. The van der Waals surface area contributed by atoms with Gasteiger partial charge in [-0.05, 0) is 30.2 Å². The average Bonchev–Trinajstić information content (AvgIpc) is 2.60. The molecule has 4 N–H and O–H groups in total. The van der Waals surface area contributed by atoms with Crippen molar-refractivity contribution in [2.24, 2.45) is 11.7 Å². The van der Waals surface area contributed by atoms with Gasteiger partial charge in [-0.25, -0.2) is 0 Å². The molecule has 0 spiro atoms. The maximum absolute atomic E-state index is 12.0. The fraction of sp³-hybridized carbons (Fsp3) is 0.471. The standard InChI is InChI=1S/C17H25N3O4.ClH/c1-4-11(2)15(18)17(23)20-13-7-5-12(6-8-13)16(22)19-10-9-14(21)24-3;/h5-8,11,15H,4,9-10,18H2,1-3H3,(H,19,22)(H,20,23);1H. The van der Waals surface area contributed by atoms with E-state index in [0.717, 1.165) is 6.42 Å². The molecular weight excluding hydrogens is 346 g/mol. The molecule has 1 rings (SSSR count). The highest BCUT2D eigenvalue weighted by Crippen LogP contribution is 2.12. The lowest BCUT2D eigenvalue weighted by Gasteiger charge is -2.17. The van der Waals surface area contributed by atoms with Crippen molar-refractivity contribution < 1.29 is 19.1 Å².